The average molecular weight is 334 g/mol. The van der Waals surface area contributed by atoms with Crippen molar-refractivity contribution in [1.82, 2.24) is 9.97 Å². The molecule has 4 aromatic rings. The zero-order valence-corrected chi connectivity index (χ0v) is 13.3. The number of pyridine rings is 1. The highest BCUT2D eigenvalue weighted by molar-refractivity contribution is 6.33. The lowest BCUT2D eigenvalue weighted by atomic mass is 10.2. The van der Waals surface area contributed by atoms with E-state index in [0.717, 1.165) is 27.9 Å². The molecule has 0 aliphatic rings. The van der Waals surface area contributed by atoms with E-state index in [4.69, 9.17) is 16.0 Å². The standard InChI is InChI=1S/C19H12ClN3O/c20-16-4-2-1-3-14(16)12-22-15-5-6-18-17(11-15)23-19(24-18)13-7-9-21-10-8-13/h1-12H. The smallest absolute Gasteiger partial charge is 0.227 e. The van der Waals surface area contributed by atoms with Gasteiger partial charge in [-0.05, 0) is 36.4 Å². The first-order valence-electron chi connectivity index (χ1n) is 7.39. The van der Waals surface area contributed by atoms with Gasteiger partial charge in [-0.25, -0.2) is 4.98 Å². The monoisotopic (exact) mass is 333 g/mol. The summed E-state index contributed by atoms with van der Waals surface area (Å²) in [5, 5.41) is 0.670. The van der Waals surface area contributed by atoms with Gasteiger partial charge in [-0.2, -0.15) is 0 Å². The van der Waals surface area contributed by atoms with Crippen LogP contribution >= 0.6 is 11.6 Å². The molecule has 2 heterocycles. The predicted octanol–water partition coefficient (Wildman–Crippen LogP) is 5.29. The molecular weight excluding hydrogens is 322 g/mol. The maximum absolute atomic E-state index is 6.13. The first-order valence-corrected chi connectivity index (χ1v) is 7.77. The number of hydrogen-bond donors (Lipinski definition) is 0. The van der Waals surface area contributed by atoms with Crippen LogP contribution in [0.2, 0.25) is 5.02 Å². The van der Waals surface area contributed by atoms with Gasteiger partial charge in [0, 0.05) is 34.8 Å². The van der Waals surface area contributed by atoms with Crippen molar-refractivity contribution in [3.05, 3.63) is 77.6 Å². The van der Waals surface area contributed by atoms with Gasteiger partial charge in [0.25, 0.3) is 0 Å². The van der Waals surface area contributed by atoms with Crippen molar-refractivity contribution in [1.29, 1.82) is 0 Å². The molecule has 0 aliphatic heterocycles. The summed E-state index contributed by atoms with van der Waals surface area (Å²) in [4.78, 5) is 13.0. The Bertz CT molecular complexity index is 1030. The third-order valence-corrected chi connectivity index (χ3v) is 3.90. The number of aromatic nitrogens is 2. The van der Waals surface area contributed by atoms with Gasteiger partial charge in [-0.1, -0.05) is 29.8 Å². The highest BCUT2D eigenvalue weighted by Gasteiger charge is 2.08. The average Bonchev–Trinajstić information content (AvgIpc) is 3.05. The lowest BCUT2D eigenvalue weighted by Gasteiger charge is -1.96. The van der Waals surface area contributed by atoms with Gasteiger partial charge in [0.05, 0.1) is 5.69 Å². The maximum Gasteiger partial charge on any atom is 0.227 e. The van der Waals surface area contributed by atoms with E-state index in [1.165, 1.54) is 0 Å². The van der Waals surface area contributed by atoms with Crippen molar-refractivity contribution in [3.63, 3.8) is 0 Å². The minimum atomic E-state index is 0.569. The van der Waals surface area contributed by atoms with Gasteiger partial charge >= 0.3 is 0 Å². The molecule has 0 atom stereocenters. The summed E-state index contributed by atoms with van der Waals surface area (Å²) in [6, 6.07) is 16.9. The number of nitrogens with zero attached hydrogens (tertiary/aromatic N) is 3. The quantitative estimate of drug-likeness (QED) is 0.478. The second kappa shape index (κ2) is 6.26. The molecule has 0 amide bonds. The SMILES string of the molecule is Clc1ccccc1C=Nc1ccc2oc(-c3ccncc3)nc2c1. The molecule has 4 nitrogen and oxygen atoms in total. The fourth-order valence-electron chi connectivity index (χ4n) is 2.34. The topological polar surface area (TPSA) is 51.3 Å². The number of hydrogen-bond acceptors (Lipinski definition) is 4. The van der Waals surface area contributed by atoms with Crippen LogP contribution in [0.3, 0.4) is 0 Å². The Balaban J connectivity index is 1.67. The summed E-state index contributed by atoms with van der Waals surface area (Å²) in [7, 11) is 0. The lowest BCUT2D eigenvalue weighted by molar-refractivity contribution is 0.619. The van der Waals surface area contributed by atoms with E-state index in [-0.39, 0.29) is 0 Å². The number of fused-ring (bicyclic) bond motifs is 1. The van der Waals surface area contributed by atoms with Gasteiger partial charge in [-0.3, -0.25) is 9.98 Å². The van der Waals surface area contributed by atoms with Gasteiger partial charge in [0.15, 0.2) is 5.58 Å². The number of oxazole rings is 1. The van der Waals surface area contributed by atoms with Crippen molar-refractivity contribution in [2.45, 2.75) is 0 Å². The van der Waals surface area contributed by atoms with E-state index >= 15 is 0 Å². The number of rotatable bonds is 3. The van der Waals surface area contributed by atoms with E-state index < -0.39 is 0 Å². The zero-order valence-electron chi connectivity index (χ0n) is 12.6. The highest BCUT2D eigenvalue weighted by Crippen LogP contribution is 2.27. The Labute approximate surface area is 143 Å². The Morgan fingerprint density at radius 1 is 1.00 bits per heavy atom. The normalized spacial score (nSPS) is 11.4. The van der Waals surface area contributed by atoms with E-state index in [1.54, 1.807) is 18.6 Å². The minimum Gasteiger partial charge on any atom is -0.436 e. The number of halogens is 1. The summed E-state index contributed by atoms with van der Waals surface area (Å²) in [5.74, 6) is 0.569. The summed E-state index contributed by atoms with van der Waals surface area (Å²) >= 11 is 6.13. The van der Waals surface area contributed by atoms with Crippen LogP contribution in [0.15, 0.2) is 76.4 Å². The zero-order chi connectivity index (χ0) is 16.4. The lowest BCUT2D eigenvalue weighted by Crippen LogP contribution is -1.81. The molecule has 0 bridgehead atoms. The van der Waals surface area contributed by atoms with Gasteiger partial charge < -0.3 is 4.42 Å². The molecule has 2 aromatic heterocycles. The maximum atomic E-state index is 6.13. The van der Waals surface area contributed by atoms with Gasteiger partial charge in [0.1, 0.15) is 5.52 Å². The summed E-state index contributed by atoms with van der Waals surface area (Å²) in [5.41, 5.74) is 4.03. The molecule has 0 fully saturated rings. The molecule has 0 unspecified atom stereocenters. The third kappa shape index (κ3) is 2.92. The molecule has 116 valence electrons. The van der Waals surface area contributed by atoms with Crippen molar-refractivity contribution >= 4 is 34.6 Å². The van der Waals surface area contributed by atoms with E-state index in [0.29, 0.717) is 10.9 Å². The van der Waals surface area contributed by atoms with Crippen LogP contribution in [0.5, 0.6) is 0 Å². The fraction of sp³-hybridized carbons (Fsp3) is 0. The van der Waals surface area contributed by atoms with Gasteiger partial charge in [0.2, 0.25) is 5.89 Å². The summed E-state index contributed by atoms with van der Waals surface area (Å²) < 4.78 is 5.78. The summed E-state index contributed by atoms with van der Waals surface area (Å²) in [6.45, 7) is 0. The van der Waals surface area contributed by atoms with Crippen molar-refractivity contribution < 1.29 is 4.42 Å². The Hall–Kier alpha value is -2.98. The first-order chi connectivity index (χ1) is 11.8. The second-order valence-electron chi connectivity index (χ2n) is 5.19. The van der Waals surface area contributed by atoms with Gasteiger partial charge in [-0.15, -0.1) is 0 Å². The van der Waals surface area contributed by atoms with Crippen LogP contribution in [-0.2, 0) is 0 Å². The fourth-order valence-corrected chi connectivity index (χ4v) is 2.52. The molecule has 0 radical (unpaired) electrons. The first kappa shape index (κ1) is 14.6. The number of aliphatic imine (C=N–C) groups is 1. The molecule has 4 rings (SSSR count). The van der Waals surface area contributed by atoms with Crippen LogP contribution in [0.25, 0.3) is 22.6 Å². The summed E-state index contributed by atoms with van der Waals surface area (Å²) in [6.07, 6.45) is 5.17. The Morgan fingerprint density at radius 3 is 2.67 bits per heavy atom. The predicted molar refractivity (Wildman–Crippen MR) is 95.9 cm³/mol. The Morgan fingerprint density at radius 2 is 1.83 bits per heavy atom. The number of benzene rings is 2. The van der Waals surface area contributed by atoms with Crippen LogP contribution < -0.4 is 0 Å². The van der Waals surface area contributed by atoms with Crippen LogP contribution in [0.1, 0.15) is 5.56 Å². The van der Waals surface area contributed by atoms with Crippen LogP contribution in [0.4, 0.5) is 5.69 Å². The minimum absolute atomic E-state index is 0.569. The van der Waals surface area contributed by atoms with Crippen molar-refractivity contribution in [2.24, 2.45) is 4.99 Å². The molecule has 0 aliphatic carbocycles. The largest absolute Gasteiger partial charge is 0.436 e. The molecule has 0 saturated heterocycles. The molecular formula is C19H12ClN3O. The van der Waals surface area contributed by atoms with E-state index in [9.17, 15) is 0 Å². The van der Waals surface area contributed by atoms with Crippen molar-refractivity contribution in [2.75, 3.05) is 0 Å². The molecule has 5 heteroatoms. The molecule has 0 spiro atoms. The van der Waals surface area contributed by atoms with E-state index in [1.807, 2.05) is 54.6 Å². The third-order valence-electron chi connectivity index (χ3n) is 3.56. The van der Waals surface area contributed by atoms with Crippen LogP contribution in [0, 0.1) is 0 Å². The van der Waals surface area contributed by atoms with Crippen LogP contribution in [-0.4, -0.2) is 16.2 Å². The Kier molecular flexibility index (Phi) is 3.81. The molecule has 0 saturated carbocycles. The second-order valence-corrected chi connectivity index (χ2v) is 5.59. The molecule has 2 aromatic carbocycles. The molecule has 24 heavy (non-hydrogen) atoms. The van der Waals surface area contributed by atoms with E-state index in [2.05, 4.69) is 15.0 Å². The highest BCUT2D eigenvalue weighted by atomic mass is 35.5. The molecule has 0 N–H and O–H groups in total. The van der Waals surface area contributed by atoms with Crippen molar-refractivity contribution in [3.8, 4) is 11.5 Å².